The van der Waals surface area contributed by atoms with Crippen LogP contribution in [0.4, 0.5) is 5.82 Å². The number of aromatic nitrogens is 3. The average molecular weight is 300 g/mol. The first-order valence-electron chi connectivity index (χ1n) is 7.45. The molecule has 6 heteroatoms. The monoisotopic (exact) mass is 300 g/mol. The second-order valence-electron chi connectivity index (χ2n) is 5.66. The van der Waals surface area contributed by atoms with E-state index in [1.807, 2.05) is 19.1 Å². The summed E-state index contributed by atoms with van der Waals surface area (Å²) in [5.74, 6) is 1.48. The van der Waals surface area contributed by atoms with E-state index in [0.717, 1.165) is 36.8 Å². The summed E-state index contributed by atoms with van der Waals surface area (Å²) in [4.78, 5) is 25.8. The van der Waals surface area contributed by atoms with E-state index >= 15 is 0 Å². The summed E-state index contributed by atoms with van der Waals surface area (Å²) in [6.45, 7) is 8.07. The van der Waals surface area contributed by atoms with E-state index in [0.29, 0.717) is 11.4 Å². The zero-order valence-corrected chi connectivity index (χ0v) is 13.1. The van der Waals surface area contributed by atoms with Crippen molar-refractivity contribution in [2.45, 2.75) is 26.9 Å². The molecule has 1 fully saturated rings. The van der Waals surface area contributed by atoms with Gasteiger partial charge < -0.3 is 14.6 Å². The number of H-pyrrole nitrogens is 1. The maximum atomic E-state index is 11.8. The molecule has 0 spiro atoms. The molecule has 0 saturated carbocycles. The molecule has 0 aliphatic carbocycles. The van der Waals surface area contributed by atoms with Gasteiger partial charge in [-0.15, -0.1) is 0 Å². The first-order chi connectivity index (χ1) is 10.5. The van der Waals surface area contributed by atoms with Crippen molar-refractivity contribution in [1.29, 1.82) is 0 Å². The number of nitrogens with one attached hydrogen (secondary N) is 1. The summed E-state index contributed by atoms with van der Waals surface area (Å²) in [5.41, 5.74) is 2.10. The molecular weight excluding hydrogens is 280 g/mol. The van der Waals surface area contributed by atoms with Crippen LogP contribution < -0.4 is 10.5 Å². The lowest BCUT2D eigenvalue weighted by Gasteiger charge is -2.32. The number of rotatable bonds is 2. The number of pyridine rings is 1. The molecule has 3 heterocycles. The quantitative estimate of drug-likeness (QED) is 0.913. The molecule has 6 nitrogen and oxygen atoms in total. The van der Waals surface area contributed by atoms with E-state index in [4.69, 9.17) is 4.74 Å². The predicted molar refractivity (Wildman–Crippen MR) is 85.2 cm³/mol. The van der Waals surface area contributed by atoms with Gasteiger partial charge in [0.1, 0.15) is 11.6 Å². The fraction of sp³-hybridized carbons (Fsp3) is 0.438. The third-order valence-electron chi connectivity index (χ3n) is 3.98. The average Bonchev–Trinajstić information content (AvgIpc) is 2.52. The van der Waals surface area contributed by atoms with Crippen LogP contribution in [0.5, 0.6) is 0 Å². The van der Waals surface area contributed by atoms with Gasteiger partial charge in [-0.2, -0.15) is 0 Å². The number of anilines is 1. The smallest absolute Gasteiger partial charge is 0.254 e. The van der Waals surface area contributed by atoms with Gasteiger partial charge in [-0.25, -0.2) is 9.97 Å². The Balaban J connectivity index is 1.87. The van der Waals surface area contributed by atoms with E-state index in [-0.39, 0.29) is 11.7 Å². The summed E-state index contributed by atoms with van der Waals surface area (Å²) >= 11 is 0. The molecule has 2 aromatic rings. The number of hydrogen-bond acceptors (Lipinski definition) is 5. The van der Waals surface area contributed by atoms with Crippen LogP contribution in [0.15, 0.2) is 23.1 Å². The van der Waals surface area contributed by atoms with Crippen LogP contribution >= 0.6 is 0 Å². The van der Waals surface area contributed by atoms with Gasteiger partial charge in [0.15, 0.2) is 0 Å². The number of aromatic amines is 1. The molecule has 1 saturated heterocycles. The van der Waals surface area contributed by atoms with Crippen molar-refractivity contribution in [1.82, 2.24) is 15.0 Å². The van der Waals surface area contributed by atoms with Gasteiger partial charge in [0, 0.05) is 36.1 Å². The minimum Gasteiger partial charge on any atom is -0.375 e. The summed E-state index contributed by atoms with van der Waals surface area (Å²) in [6, 6.07) is 3.90. The van der Waals surface area contributed by atoms with Gasteiger partial charge in [0.25, 0.3) is 5.56 Å². The highest BCUT2D eigenvalue weighted by molar-refractivity contribution is 5.56. The molecule has 0 aromatic carbocycles. The third kappa shape index (κ3) is 2.87. The Bertz CT molecular complexity index is 724. The van der Waals surface area contributed by atoms with Crippen LogP contribution in [0, 0.1) is 13.8 Å². The number of aryl methyl sites for hydroxylation is 1. The number of ether oxygens (including phenoxy) is 1. The summed E-state index contributed by atoms with van der Waals surface area (Å²) in [6.07, 6.45) is 1.97. The first-order valence-corrected chi connectivity index (χ1v) is 7.45. The summed E-state index contributed by atoms with van der Waals surface area (Å²) in [7, 11) is 0. The summed E-state index contributed by atoms with van der Waals surface area (Å²) < 4.78 is 5.54. The largest absolute Gasteiger partial charge is 0.375 e. The second kappa shape index (κ2) is 5.88. The van der Waals surface area contributed by atoms with Crippen molar-refractivity contribution in [3.63, 3.8) is 0 Å². The number of morpholine rings is 1. The lowest BCUT2D eigenvalue weighted by Crippen LogP contribution is -2.41. The first kappa shape index (κ1) is 14.7. The van der Waals surface area contributed by atoms with Gasteiger partial charge >= 0.3 is 0 Å². The fourth-order valence-electron chi connectivity index (χ4n) is 2.52. The van der Waals surface area contributed by atoms with Gasteiger partial charge in [-0.3, -0.25) is 4.79 Å². The van der Waals surface area contributed by atoms with Gasteiger partial charge in [-0.1, -0.05) is 0 Å². The van der Waals surface area contributed by atoms with Crippen LogP contribution in [0.2, 0.25) is 0 Å². The maximum absolute atomic E-state index is 11.8. The van der Waals surface area contributed by atoms with Crippen LogP contribution in [-0.4, -0.2) is 40.8 Å². The molecule has 1 aliphatic rings. The predicted octanol–water partition coefficient (Wildman–Crippen LogP) is 1.67. The van der Waals surface area contributed by atoms with Crippen molar-refractivity contribution >= 4 is 5.82 Å². The topological polar surface area (TPSA) is 71.1 Å². The Morgan fingerprint density at radius 3 is 2.82 bits per heavy atom. The van der Waals surface area contributed by atoms with Crippen LogP contribution in [-0.2, 0) is 4.74 Å². The fourth-order valence-corrected chi connectivity index (χ4v) is 2.52. The molecule has 2 aromatic heterocycles. The Labute approximate surface area is 129 Å². The van der Waals surface area contributed by atoms with Crippen LogP contribution in [0.3, 0.4) is 0 Å². The number of nitrogens with zero attached hydrogens (tertiary/aromatic N) is 3. The lowest BCUT2D eigenvalue weighted by atomic mass is 10.2. The van der Waals surface area contributed by atoms with Gasteiger partial charge in [0.2, 0.25) is 0 Å². The van der Waals surface area contributed by atoms with E-state index < -0.39 is 0 Å². The van der Waals surface area contributed by atoms with E-state index in [1.165, 1.54) is 0 Å². The molecule has 22 heavy (non-hydrogen) atoms. The Morgan fingerprint density at radius 1 is 1.36 bits per heavy atom. The van der Waals surface area contributed by atoms with Gasteiger partial charge in [0.05, 0.1) is 12.7 Å². The molecule has 0 bridgehead atoms. The van der Waals surface area contributed by atoms with Crippen molar-refractivity contribution < 1.29 is 4.74 Å². The minimum absolute atomic E-state index is 0.103. The Kier molecular flexibility index (Phi) is 3.94. The maximum Gasteiger partial charge on any atom is 0.254 e. The molecular formula is C16H20N4O2. The molecule has 1 unspecified atom stereocenters. The standard InChI is InChI=1S/C16H20N4O2/c1-10-9-20(6-7-22-10)14-5-4-13(8-17-14)15-18-12(3)11(2)16(21)19-15/h4-5,8,10H,6-7,9H2,1-3H3,(H,18,19,21). The highest BCUT2D eigenvalue weighted by Crippen LogP contribution is 2.19. The zero-order chi connectivity index (χ0) is 15.7. The molecule has 3 rings (SSSR count). The molecule has 1 aliphatic heterocycles. The lowest BCUT2D eigenvalue weighted by molar-refractivity contribution is 0.0529. The highest BCUT2D eigenvalue weighted by atomic mass is 16.5. The second-order valence-corrected chi connectivity index (χ2v) is 5.66. The SMILES string of the molecule is Cc1nc(-c2ccc(N3CCOC(C)C3)nc2)[nH]c(=O)c1C. The van der Waals surface area contributed by atoms with Crippen molar-refractivity contribution in [3.8, 4) is 11.4 Å². The van der Waals surface area contributed by atoms with Crippen LogP contribution in [0.1, 0.15) is 18.2 Å². The number of hydrogen-bond donors (Lipinski definition) is 1. The normalized spacial score (nSPS) is 18.5. The molecule has 0 radical (unpaired) electrons. The molecule has 0 amide bonds. The summed E-state index contributed by atoms with van der Waals surface area (Å²) in [5, 5.41) is 0. The van der Waals surface area contributed by atoms with E-state index in [1.54, 1.807) is 13.1 Å². The Morgan fingerprint density at radius 2 is 2.18 bits per heavy atom. The van der Waals surface area contributed by atoms with Gasteiger partial charge in [-0.05, 0) is 32.9 Å². The van der Waals surface area contributed by atoms with E-state index in [2.05, 4.69) is 26.8 Å². The Hall–Kier alpha value is -2.21. The van der Waals surface area contributed by atoms with Crippen molar-refractivity contribution in [3.05, 3.63) is 39.9 Å². The molecule has 1 N–H and O–H groups in total. The van der Waals surface area contributed by atoms with Crippen molar-refractivity contribution in [2.24, 2.45) is 0 Å². The molecule has 116 valence electrons. The minimum atomic E-state index is -0.103. The van der Waals surface area contributed by atoms with Crippen molar-refractivity contribution in [2.75, 3.05) is 24.6 Å². The zero-order valence-electron chi connectivity index (χ0n) is 13.1. The third-order valence-corrected chi connectivity index (χ3v) is 3.98. The van der Waals surface area contributed by atoms with E-state index in [9.17, 15) is 4.79 Å². The highest BCUT2D eigenvalue weighted by Gasteiger charge is 2.18. The van der Waals surface area contributed by atoms with Crippen LogP contribution in [0.25, 0.3) is 11.4 Å². The molecule has 1 atom stereocenters.